The first-order chi connectivity index (χ1) is 14.9. The molecule has 1 aliphatic rings. The molecule has 1 fully saturated rings. The van der Waals surface area contributed by atoms with E-state index in [0.29, 0.717) is 33.7 Å². The first-order valence-electron chi connectivity index (χ1n) is 9.89. The van der Waals surface area contributed by atoms with E-state index in [4.69, 9.17) is 11.6 Å². The number of anilines is 3. The summed E-state index contributed by atoms with van der Waals surface area (Å²) < 4.78 is 41.9. The van der Waals surface area contributed by atoms with Crippen molar-refractivity contribution >= 4 is 29.1 Å². The molecule has 0 unspecified atom stereocenters. The second kappa shape index (κ2) is 9.01. The van der Waals surface area contributed by atoms with Crippen LogP contribution in [0.2, 0.25) is 5.02 Å². The summed E-state index contributed by atoms with van der Waals surface area (Å²) in [5.41, 5.74) is 1.59. The number of rotatable bonds is 6. The van der Waals surface area contributed by atoms with E-state index < -0.39 is 6.36 Å². The number of nitrogens with one attached hydrogen (secondary N) is 2. The summed E-state index contributed by atoms with van der Waals surface area (Å²) in [5, 5.41) is 7.03. The van der Waals surface area contributed by atoms with E-state index in [1.807, 2.05) is 18.2 Å². The Morgan fingerprint density at radius 1 is 0.968 bits per heavy atom. The van der Waals surface area contributed by atoms with Gasteiger partial charge in [0.2, 0.25) is 5.95 Å². The van der Waals surface area contributed by atoms with Crippen LogP contribution in [0.25, 0.3) is 11.3 Å². The van der Waals surface area contributed by atoms with Gasteiger partial charge < -0.3 is 15.4 Å². The van der Waals surface area contributed by atoms with Crippen molar-refractivity contribution in [2.45, 2.75) is 38.1 Å². The Balaban J connectivity index is 1.69. The second-order valence-corrected chi connectivity index (χ2v) is 7.68. The maximum Gasteiger partial charge on any atom is 0.573 e. The zero-order valence-corrected chi connectivity index (χ0v) is 17.2. The molecule has 0 bridgehead atoms. The third-order valence-electron chi connectivity index (χ3n) is 4.91. The van der Waals surface area contributed by atoms with Gasteiger partial charge in [-0.25, -0.2) is 4.98 Å². The fourth-order valence-corrected chi connectivity index (χ4v) is 3.71. The van der Waals surface area contributed by atoms with Crippen LogP contribution in [0.4, 0.5) is 30.6 Å². The highest BCUT2D eigenvalue weighted by Crippen LogP contribution is 2.31. The number of hydrogen-bond acceptors (Lipinski definition) is 5. The van der Waals surface area contributed by atoms with Crippen LogP contribution in [-0.4, -0.2) is 22.4 Å². The normalized spacial score (nSPS) is 14.5. The lowest BCUT2D eigenvalue weighted by Gasteiger charge is -2.16. The van der Waals surface area contributed by atoms with Crippen molar-refractivity contribution in [2.75, 3.05) is 10.6 Å². The molecule has 0 saturated heterocycles. The highest BCUT2D eigenvalue weighted by Gasteiger charge is 2.31. The molecular formula is C22H20ClF3N4O. The molecule has 0 radical (unpaired) electrons. The molecule has 1 saturated carbocycles. The summed E-state index contributed by atoms with van der Waals surface area (Å²) in [6.07, 6.45) is -0.445. The zero-order valence-electron chi connectivity index (χ0n) is 16.4. The van der Waals surface area contributed by atoms with Gasteiger partial charge in [0.25, 0.3) is 0 Å². The molecule has 162 valence electrons. The van der Waals surface area contributed by atoms with Crippen LogP contribution < -0.4 is 15.4 Å². The summed E-state index contributed by atoms with van der Waals surface area (Å²) in [6, 6.07) is 14.9. The molecule has 1 aliphatic carbocycles. The van der Waals surface area contributed by atoms with Crippen LogP contribution in [-0.2, 0) is 0 Å². The van der Waals surface area contributed by atoms with Gasteiger partial charge in [0.05, 0.1) is 16.4 Å². The van der Waals surface area contributed by atoms with Gasteiger partial charge in [-0.3, -0.25) is 0 Å². The third kappa shape index (κ3) is 5.79. The second-order valence-electron chi connectivity index (χ2n) is 7.27. The maximum absolute atomic E-state index is 12.6. The van der Waals surface area contributed by atoms with E-state index in [1.165, 1.54) is 18.2 Å². The standard InChI is InChI=1S/C22H20ClF3N4O/c23-17-10-3-4-11-18(17)28-20-13-19(29-21(30-20)27-15-7-1-2-8-15)14-6-5-9-16(12-14)31-22(24,25)26/h3-6,9-13,15H,1-2,7-8H2,(H2,27,28,29,30). The summed E-state index contributed by atoms with van der Waals surface area (Å²) >= 11 is 6.25. The highest BCUT2D eigenvalue weighted by molar-refractivity contribution is 6.33. The molecule has 5 nitrogen and oxygen atoms in total. The summed E-state index contributed by atoms with van der Waals surface area (Å²) in [5.74, 6) is 0.566. The van der Waals surface area contributed by atoms with E-state index in [0.717, 1.165) is 25.7 Å². The predicted octanol–water partition coefficient (Wildman–Crippen LogP) is 6.79. The van der Waals surface area contributed by atoms with Gasteiger partial charge in [-0.15, -0.1) is 13.2 Å². The number of halogens is 4. The Labute approximate surface area is 182 Å². The summed E-state index contributed by atoms with van der Waals surface area (Å²) in [4.78, 5) is 9.07. The molecule has 0 amide bonds. The Hall–Kier alpha value is -3.00. The molecule has 4 rings (SSSR count). The van der Waals surface area contributed by atoms with Gasteiger partial charge in [0.15, 0.2) is 0 Å². The molecule has 2 N–H and O–H groups in total. The molecule has 0 aliphatic heterocycles. The number of nitrogens with zero attached hydrogens (tertiary/aromatic N) is 2. The lowest BCUT2D eigenvalue weighted by Crippen LogP contribution is -2.17. The molecule has 0 atom stereocenters. The molecule has 1 heterocycles. The average Bonchev–Trinajstić information content (AvgIpc) is 3.21. The third-order valence-corrected chi connectivity index (χ3v) is 5.24. The van der Waals surface area contributed by atoms with E-state index in [1.54, 1.807) is 18.2 Å². The number of ether oxygens (including phenoxy) is 1. The molecular weight excluding hydrogens is 429 g/mol. The largest absolute Gasteiger partial charge is 0.573 e. The van der Waals surface area contributed by atoms with Gasteiger partial charge in [0, 0.05) is 17.7 Å². The number of aromatic nitrogens is 2. The lowest BCUT2D eigenvalue weighted by molar-refractivity contribution is -0.274. The van der Waals surface area contributed by atoms with Crippen molar-refractivity contribution in [1.82, 2.24) is 9.97 Å². The number of benzene rings is 2. The van der Waals surface area contributed by atoms with Gasteiger partial charge in [0.1, 0.15) is 11.6 Å². The van der Waals surface area contributed by atoms with Crippen molar-refractivity contribution in [3.8, 4) is 17.0 Å². The van der Waals surface area contributed by atoms with Crippen molar-refractivity contribution in [3.05, 3.63) is 59.6 Å². The fourth-order valence-electron chi connectivity index (χ4n) is 3.53. The molecule has 2 aromatic carbocycles. The van der Waals surface area contributed by atoms with Crippen LogP contribution in [0.3, 0.4) is 0 Å². The van der Waals surface area contributed by atoms with Crippen LogP contribution in [0.15, 0.2) is 54.6 Å². The van der Waals surface area contributed by atoms with Crippen LogP contribution in [0.5, 0.6) is 5.75 Å². The van der Waals surface area contributed by atoms with Crippen molar-refractivity contribution in [2.24, 2.45) is 0 Å². The van der Waals surface area contributed by atoms with Crippen molar-refractivity contribution in [3.63, 3.8) is 0 Å². The van der Waals surface area contributed by atoms with Crippen LogP contribution in [0, 0.1) is 0 Å². The Morgan fingerprint density at radius 2 is 1.74 bits per heavy atom. The minimum atomic E-state index is -4.77. The Bertz CT molecular complexity index is 1050. The van der Waals surface area contributed by atoms with Gasteiger partial charge in [-0.05, 0) is 37.1 Å². The van der Waals surface area contributed by atoms with E-state index >= 15 is 0 Å². The fraction of sp³-hybridized carbons (Fsp3) is 0.273. The van der Waals surface area contributed by atoms with E-state index in [-0.39, 0.29) is 11.8 Å². The molecule has 9 heteroatoms. The summed E-state index contributed by atoms with van der Waals surface area (Å²) in [7, 11) is 0. The molecule has 1 aromatic heterocycles. The SMILES string of the molecule is FC(F)(F)Oc1cccc(-c2cc(Nc3ccccc3Cl)nc(NC3CCCC3)n2)c1. The number of alkyl halides is 3. The first-order valence-corrected chi connectivity index (χ1v) is 10.3. The van der Waals surface area contributed by atoms with Gasteiger partial charge >= 0.3 is 6.36 Å². The summed E-state index contributed by atoms with van der Waals surface area (Å²) in [6.45, 7) is 0. The van der Waals surface area contributed by atoms with Gasteiger partial charge in [-0.2, -0.15) is 4.98 Å². The molecule has 3 aromatic rings. The number of para-hydroxylation sites is 1. The average molecular weight is 449 g/mol. The minimum Gasteiger partial charge on any atom is -0.406 e. The minimum absolute atomic E-state index is 0.267. The van der Waals surface area contributed by atoms with E-state index in [9.17, 15) is 13.2 Å². The van der Waals surface area contributed by atoms with Crippen molar-refractivity contribution in [1.29, 1.82) is 0 Å². The Kier molecular flexibility index (Phi) is 6.18. The highest BCUT2D eigenvalue weighted by atomic mass is 35.5. The van der Waals surface area contributed by atoms with Crippen LogP contribution >= 0.6 is 11.6 Å². The number of hydrogen-bond donors (Lipinski definition) is 2. The smallest absolute Gasteiger partial charge is 0.406 e. The monoisotopic (exact) mass is 448 g/mol. The van der Waals surface area contributed by atoms with E-state index in [2.05, 4.69) is 25.3 Å². The topological polar surface area (TPSA) is 59.1 Å². The van der Waals surface area contributed by atoms with Gasteiger partial charge in [-0.1, -0.05) is 48.7 Å². The molecule has 31 heavy (non-hydrogen) atoms. The lowest BCUT2D eigenvalue weighted by atomic mass is 10.1. The zero-order chi connectivity index (χ0) is 21.8. The molecule has 0 spiro atoms. The Morgan fingerprint density at radius 3 is 2.48 bits per heavy atom. The maximum atomic E-state index is 12.6. The quantitative estimate of drug-likeness (QED) is 0.434. The van der Waals surface area contributed by atoms with Crippen molar-refractivity contribution < 1.29 is 17.9 Å². The van der Waals surface area contributed by atoms with Crippen LogP contribution in [0.1, 0.15) is 25.7 Å². The first kappa shape index (κ1) is 21.2. The predicted molar refractivity (Wildman–Crippen MR) is 115 cm³/mol.